The van der Waals surface area contributed by atoms with E-state index in [-0.39, 0.29) is 0 Å². The maximum absolute atomic E-state index is 6.01. The Morgan fingerprint density at radius 3 is 2.76 bits per heavy atom. The summed E-state index contributed by atoms with van der Waals surface area (Å²) in [6, 6.07) is 0. The van der Waals surface area contributed by atoms with E-state index in [2.05, 4.69) is 22.9 Å². The molecule has 0 radical (unpaired) electrons. The number of likely N-dealkylation sites (N-methyl/N-ethyl adjacent to an activating group) is 1. The summed E-state index contributed by atoms with van der Waals surface area (Å²) in [4.78, 5) is 4.78. The SMILES string of the molecule is CN1CCN(C2=C3OCC=C3C=C(N)C2)CC1. The summed E-state index contributed by atoms with van der Waals surface area (Å²) >= 11 is 0. The molecular weight excluding hydrogens is 214 g/mol. The third kappa shape index (κ3) is 1.93. The first-order valence-electron chi connectivity index (χ1n) is 6.20. The first-order chi connectivity index (χ1) is 8.24. The van der Waals surface area contributed by atoms with Gasteiger partial charge in [0.15, 0.2) is 0 Å². The Labute approximate surface area is 102 Å². The van der Waals surface area contributed by atoms with Gasteiger partial charge in [0.05, 0.1) is 5.70 Å². The summed E-state index contributed by atoms with van der Waals surface area (Å²) in [5, 5.41) is 0. The van der Waals surface area contributed by atoms with Crippen LogP contribution in [0, 0.1) is 0 Å². The summed E-state index contributed by atoms with van der Waals surface area (Å²) < 4.78 is 5.73. The van der Waals surface area contributed by atoms with Crippen LogP contribution in [0.3, 0.4) is 0 Å². The van der Waals surface area contributed by atoms with Gasteiger partial charge in [-0.05, 0) is 19.2 Å². The number of nitrogens with two attached hydrogens (primary N) is 1. The zero-order chi connectivity index (χ0) is 11.8. The zero-order valence-corrected chi connectivity index (χ0v) is 10.3. The summed E-state index contributed by atoms with van der Waals surface area (Å²) in [5.41, 5.74) is 9.40. The molecule has 0 aromatic heterocycles. The highest BCUT2D eigenvalue weighted by molar-refractivity contribution is 5.47. The molecule has 0 spiro atoms. The van der Waals surface area contributed by atoms with Crippen molar-refractivity contribution in [3.63, 3.8) is 0 Å². The van der Waals surface area contributed by atoms with Gasteiger partial charge in [-0.2, -0.15) is 0 Å². The van der Waals surface area contributed by atoms with Crippen molar-refractivity contribution in [2.45, 2.75) is 6.42 Å². The molecule has 2 aliphatic heterocycles. The van der Waals surface area contributed by atoms with Crippen LogP contribution in [0.4, 0.5) is 0 Å². The molecule has 92 valence electrons. The highest BCUT2D eigenvalue weighted by Crippen LogP contribution is 2.33. The van der Waals surface area contributed by atoms with Crippen molar-refractivity contribution in [2.75, 3.05) is 39.8 Å². The molecular formula is C13H19N3O. The van der Waals surface area contributed by atoms with E-state index in [1.807, 2.05) is 6.08 Å². The largest absolute Gasteiger partial charge is 0.487 e. The van der Waals surface area contributed by atoms with E-state index in [1.54, 1.807) is 0 Å². The lowest BCUT2D eigenvalue weighted by atomic mass is 10.0. The number of ether oxygens (including phenoxy) is 1. The Balaban J connectivity index is 1.85. The highest BCUT2D eigenvalue weighted by Gasteiger charge is 2.27. The average molecular weight is 233 g/mol. The van der Waals surface area contributed by atoms with Crippen LogP contribution in [0.15, 0.2) is 34.9 Å². The molecule has 0 unspecified atom stereocenters. The van der Waals surface area contributed by atoms with Crippen molar-refractivity contribution in [2.24, 2.45) is 5.73 Å². The molecule has 3 aliphatic rings. The topological polar surface area (TPSA) is 41.7 Å². The minimum absolute atomic E-state index is 0.686. The Morgan fingerprint density at radius 2 is 2.00 bits per heavy atom. The molecule has 1 fully saturated rings. The van der Waals surface area contributed by atoms with E-state index in [4.69, 9.17) is 10.5 Å². The van der Waals surface area contributed by atoms with Gasteiger partial charge in [0.2, 0.25) is 0 Å². The van der Waals surface area contributed by atoms with E-state index in [0.717, 1.165) is 44.1 Å². The summed E-state index contributed by atoms with van der Waals surface area (Å²) in [6.45, 7) is 5.04. The van der Waals surface area contributed by atoms with Crippen LogP contribution in [-0.2, 0) is 4.74 Å². The minimum Gasteiger partial charge on any atom is -0.487 e. The van der Waals surface area contributed by atoms with Gasteiger partial charge in [0.25, 0.3) is 0 Å². The number of fused-ring (bicyclic) bond motifs is 1. The molecule has 0 aromatic rings. The monoisotopic (exact) mass is 233 g/mol. The van der Waals surface area contributed by atoms with Crippen molar-refractivity contribution < 1.29 is 4.74 Å². The number of allylic oxidation sites excluding steroid dienone is 1. The predicted octanol–water partition coefficient (Wildman–Crippen LogP) is 0.648. The summed E-state index contributed by atoms with van der Waals surface area (Å²) in [6.07, 6.45) is 4.98. The predicted molar refractivity (Wildman–Crippen MR) is 67.0 cm³/mol. The molecule has 4 heteroatoms. The molecule has 4 nitrogen and oxygen atoms in total. The number of rotatable bonds is 1. The number of hydrogen-bond acceptors (Lipinski definition) is 4. The fourth-order valence-corrected chi connectivity index (χ4v) is 2.62. The first-order valence-corrected chi connectivity index (χ1v) is 6.20. The second-order valence-electron chi connectivity index (χ2n) is 4.93. The second kappa shape index (κ2) is 4.11. The second-order valence-corrected chi connectivity index (χ2v) is 4.93. The fraction of sp³-hybridized carbons (Fsp3) is 0.538. The Bertz CT molecular complexity index is 414. The van der Waals surface area contributed by atoms with Gasteiger partial charge >= 0.3 is 0 Å². The zero-order valence-electron chi connectivity index (χ0n) is 10.3. The van der Waals surface area contributed by atoms with E-state index in [0.29, 0.717) is 6.61 Å². The lowest BCUT2D eigenvalue weighted by Crippen LogP contribution is -2.44. The van der Waals surface area contributed by atoms with Gasteiger partial charge in [-0.1, -0.05) is 0 Å². The summed E-state index contributed by atoms with van der Waals surface area (Å²) in [7, 11) is 2.17. The third-order valence-electron chi connectivity index (χ3n) is 3.65. The van der Waals surface area contributed by atoms with Gasteiger partial charge in [0, 0.05) is 43.9 Å². The van der Waals surface area contributed by atoms with Crippen LogP contribution >= 0.6 is 0 Å². The van der Waals surface area contributed by atoms with E-state index < -0.39 is 0 Å². The van der Waals surface area contributed by atoms with Gasteiger partial charge in [-0.25, -0.2) is 0 Å². The molecule has 0 atom stereocenters. The molecule has 17 heavy (non-hydrogen) atoms. The molecule has 2 N–H and O–H groups in total. The maximum atomic E-state index is 6.01. The van der Waals surface area contributed by atoms with E-state index >= 15 is 0 Å². The summed E-state index contributed by atoms with van der Waals surface area (Å²) in [5.74, 6) is 1.06. The minimum atomic E-state index is 0.686. The van der Waals surface area contributed by atoms with Crippen molar-refractivity contribution >= 4 is 0 Å². The standard InChI is InChI=1S/C13H19N3O/c1-15-3-5-16(6-4-15)12-9-11(14)8-10-2-7-17-13(10)12/h2,8H,3-7,9,14H2,1H3. The van der Waals surface area contributed by atoms with Crippen LogP contribution in [0.25, 0.3) is 0 Å². The molecule has 0 bridgehead atoms. The average Bonchev–Trinajstić information content (AvgIpc) is 2.77. The third-order valence-corrected chi connectivity index (χ3v) is 3.65. The van der Waals surface area contributed by atoms with Crippen molar-refractivity contribution in [1.82, 2.24) is 9.80 Å². The van der Waals surface area contributed by atoms with Crippen LogP contribution in [0.5, 0.6) is 0 Å². The fourth-order valence-electron chi connectivity index (χ4n) is 2.62. The van der Waals surface area contributed by atoms with Crippen LogP contribution in [0.1, 0.15) is 6.42 Å². The Hall–Kier alpha value is -1.42. The quantitative estimate of drug-likeness (QED) is 0.722. The molecule has 1 aliphatic carbocycles. The van der Waals surface area contributed by atoms with Crippen LogP contribution in [-0.4, -0.2) is 49.6 Å². The maximum Gasteiger partial charge on any atom is 0.146 e. The lowest BCUT2D eigenvalue weighted by molar-refractivity contribution is 0.170. The molecule has 0 saturated carbocycles. The van der Waals surface area contributed by atoms with Gasteiger partial charge in [-0.15, -0.1) is 0 Å². The molecule has 1 saturated heterocycles. The number of piperazine rings is 1. The van der Waals surface area contributed by atoms with E-state index in [1.165, 1.54) is 11.3 Å². The van der Waals surface area contributed by atoms with Gasteiger partial charge < -0.3 is 20.3 Å². The van der Waals surface area contributed by atoms with Crippen molar-refractivity contribution in [1.29, 1.82) is 0 Å². The Kier molecular flexibility index (Phi) is 2.59. The van der Waals surface area contributed by atoms with Crippen molar-refractivity contribution in [3.05, 3.63) is 34.9 Å². The first kappa shape index (κ1) is 10.7. The molecule has 3 rings (SSSR count). The normalized spacial score (nSPS) is 25.4. The number of hydrogen-bond donors (Lipinski definition) is 1. The van der Waals surface area contributed by atoms with Crippen LogP contribution < -0.4 is 5.73 Å². The molecule has 0 amide bonds. The highest BCUT2D eigenvalue weighted by atomic mass is 16.5. The molecule has 0 aromatic carbocycles. The van der Waals surface area contributed by atoms with E-state index in [9.17, 15) is 0 Å². The van der Waals surface area contributed by atoms with Crippen LogP contribution in [0.2, 0.25) is 0 Å². The molecule has 2 heterocycles. The van der Waals surface area contributed by atoms with Gasteiger partial charge in [0.1, 0.15) is 12.4 Å². The lowest BCUT2D eigenvalue weighted by Gasteiger charge is -2.37. The van der Waals surface area contributed by atoms with Gasteiger partial charge in [-0.3, -0.25) is 0 Å². The smallest absolute Gasteiger partial charge is 0.146 e. The Morgan fingerprint density at radius 1 is 1.24 bits per heavy atom. The number of nitrogens with zero attached hydrogens (tertiary/aromatic N) is 2. The van der Waals surface area contributed by atoms with Crippen molar-refractivity contribution in [3.8, 4) is 0 Å².